The fraction of sp³-hybridized carbons (Fsp3) is 0.235. The molecule has 0 saturated carbocycles. The smallest absolute Gasteiger partial charge is 0.422 e. The lowest BCUT2D eigenvalue weighted by Crippen LogP contribution is -2.20. The van der Waals surface area contributed by atoms with Crippen LogP contribution < -0.4 is 14.8 Å². The summed E-state index contributed by atoms with van der Waals surface area (Å²) in [5, 5.41) is 2.62. The molecule has 1 amide bonds. The number of halogens is 5. The summed E-state index contributed by atoms with van der Waals surface area (Å²) < 4.78 is 60.1. The van der Waals surface area contributed by atoms with Gasteiger partial charge >= 0.3 is 6.18 Å². The number of methoxy groups -OCH3 is 1. The van der Waals surface area contributed by atoms with Crippen LogP contribution in [-0.4, -0.2) is 25.8 Å². The minimum atomic E-state index is -4.53. The predicted octanol–water partition coefficient (Wildman–Crippen LogP) is 4.61. The summed E-state index contributed by atoms with van der Waals surface area (Å²) in [5.41, 5.74) is 0.348. The van der Waals surface area contributed by atoms with Gasteiger partial charge in [-0.3, -0.25) is 4.79 Å². The number of benzene rings is 2. The number of carbonyl (C=O) groups excluding carboxylic acids is 1. The van der Waals surface area contributed by atoms with E-state index >= 15 is 0 Å². The van der Waals surface area contributed by atoms with Crippen molar-refractivity contribution in [1.29, 1.82) is 0 Å². The quantitative estimate of drug-likeness (QED) is 0.731. The van der Waals surface area contributed by atoms with E-state index in [1.807, 2.05) is 0 Å². The van der Waals surface area contributed by atoms with Gasteiger partial charge in [-0.25, -0.2) is 4.39 Å². The molecule has 26 heavy (non-hydrogen) atoms. The molecule has 0 aromatic heterocycles. The van der Waals surface area contributed by atoms with Gasteiger partial charge in [-0.15, -0.1) is 0 Å². The number of hydrogen-bond donors (Lipinski definition) is 1. The highest BCUT2D eigenvalue weighted by molar-refractivity contribution is 6.31. The van der Waals surface area contributed by atoms with Gasteiger partial charge in [0.1, 0.15) is 5.75 Å². The Bertz CT molecular complexity index is 796. The highest BCUT2D eigenvalue weighted by atomic mass is 35.5. The lowest BCUT2D eigenvalue weighted by Gasteiger charge is -2.14. The Labute approximate surface area is 151 Å². The van der Waals surface area contributed by atoms with Crippen molar-refractivity contribution in [3.63, 3.8) is 0 Å². The minimum Gasteiger partial charge on any atom is -0.494 e. The molecule has 0 aliphatic rings. The molecular weight excluding hydrogens is 378 g/mol. The normalized spacial score (nSPS) is 11.2. The van der Waals surface area contributed by atoms with Crippen molar-refractivity contribution < 1.29 is 31.8 Å². The third-order valence-corrected chi connectivity index (χ3v) is 3.42. The zero-order valence-electron chi connectivity index (χ0n) is 13.5. The van der Waals surface area contributed by atoms with E-state index in [0.29, 0.717) is 5.56 Å². The summed E-state index contributed by atoms with van der Waals surface area (Å²) in [5.74, 6) is -1.35. The van der Waals surface area contributed by atoms with Crippen molar-refractivity contribution in [2.24, 2.45) is 0 Å². The topological polar surface area (TPSA) is 47.6 Å². The standard InChI is InChI=1S/C17H14ClF4NO3/c1-25-14-4-2-10(6-12(14)19)7-16(24)23-13-8-11(18)3-5-15(13)26-9-17(20,21)22/h2-6,8H,7,9H2,1H3,(H,23,24). The second kappa shape index (κ2) is 8.27. The van der Waals surface area contributed by atoms with Gasteiger partial charge in [-0.2, -0.15) is 13.2 Å². The van der Waals surface area contributed by atoms with Gasteiger partial charge in [0.25, 0.3) is 0 Å². The first-order valence-electron chi connectivity index (χ1n) is 7.29. The van der Waals surface area contributed by atoms with E-state index < -0.39 is 24.5 Å². The summed E-state index contributed by atoms with van der Waals surface area (Å²) >= 11 is 5.81. The van der Waals surface area contributed by atoms with Gasteiger partial charge in [-0.1, -0.05) is 17.7 Å². The zero-order valence-corrected chi connectivity index (χ0v) is 14.2. The highest BCUT2D eigenvalue weighted by Crippen LogP contribution is 2.30. The Kier molecular flexibility index (Phi) is 6.31. The molecule has 0 unspecified atom stereocenters. The minimum absolute atomic E-state index is 0.0132. The van der Waals surface area contributed by atoms with Crippen LogP contribution in [0.5, 0.6) is 11.5 Å². The Balaban J connectivity index is 2.10. The molecule has 4 nitrogen and oxygen atoms in total. The number of ether oxygens (including phenoxy) is 2. The number of alkyl halides is 3. The van der Waals surface area contributed by atoms with E-state index in [4.69, 9.17) is 16.3 Å². The number of anilines is 1. The fourth-order valence-corrected chi connectivity index (χ4v) is 2.26. The first-order chi connectivity index (χ1) is 12.2. The lowest BCUT2D eigenvalue weighted by atomic mass is 10.1. The average Bonchev–Trinajstić information content (AvgIpc) is 2.53. The van der Waals surface area contributed by atoms with E-state index in [-0.39, 0.29) is 28.6 Å². The summed E-state index contributed by atoms with van der Waals surface area (Å²) in [6, 6.07) is 7.82. The Hall–Kier alpha value is -2.48. The van der Waals surface area contributed by atoms with Gasteiger partial charge in [0.05, 0.1) is 19.2 Å². The maximum absolute atomic E-state index is 13.7. The summed E-state index contributed by atoms with van der Waals surface area (Å²) in [4.78, 5) is 12.1. The molecule has 0 atom stereocenters. The van der Waals surface area contributed by atoms with Crippen LogP contribution in [0.25, 0.3) is 0 Å². The number of rotatable bonds is 6. The van der Waals surface area contributed by atoms with Crippen molar-refractivity contribution >= 4 is 23.2 Å². The number of hydrogen-bond acceptors (Lipinski definition) is 3. The van der Waals surface area contributed by atoms with E-state index in [2.05, 4.69) is 10.1 Å². The highest BCUT2D eigenvalue weighted by Gasteiger charge is 2.29. The van der Waals surface area contributed by atoms with Gasteiger partial charge in [0.2, 0.25) is 5.91 Å². The van der Waals surface area contributed by atoms with Gasteiger partial charge < -0.3 is 14.8 Å². The van der Waals surface area contributed by atoms with Crippen LogP contribution in [0.1, 0.15) is 5.56 Å². The van der Waals surface area contributed by atoms with Crippen LogP contribution in [0.4, 0.5) is 23.2 Å². The Morgan fingerprint density at radius 3 is 2.46 bits per heavy atom. The zero-order chi connectivity index (χ0) is 19.3. The molecule has 2 aromatic rings. The lowest BCUT2D eigenvalue weighted by molar-refractivity contribution is -0.153. The van der Waals surface area contributed by atoms with Crippen molar-refractivity contribution in [2.45, 2.75) is 12.6 Å². The summed E-state index contributed by atoms with van der Waals surface area (Å²) in [7, 11) is 1.31. The third kappa shape index (κ3) is 5.80. The molecule has 0 aliphatic heterocycles. The molecule has 0 aliphatic carbocycles. The van der Waals surface area contributed by atoms with Crippen LogP contribution in [0.15, 0.2) is 36.4 Å². The van der Waals surface area contributed by atoms with E-state index in [9.17, 15) is 22.4 Å². The van der Waals surface area contributed by atoms with Crippen molar-refractivity contribution in [2.75, 3.05) is 19.0 Å². The van der Waals surface area contributed by atoms with Crippen molar-refractivity contribution in [3.8, 4) is 11.5 Å². The number of amides is 1. The summed E-state index contributed by atoms with van der Waals surface area (Å²) in [6.07, 6.45) is -4.73. The molecule has 1 N–H and O–H groups in total. The largest absolute Gasteiger partial charge is 0.494 e. The SMILES string of the molecule is COc1ccc(CC(=O)Nc2cc(Cl)ccc2OCC(F)(F)F)cc1F. The monoisotopic (exact) mass is 391 g/mol. The van der Waals surface area contributed by atoms with Gasteiger partial charge in [0.15, 0.2) is 18.2 Å². The van der Waals surface area contributed by atoms with Gasteiger partial charge in [0, 0.05) is 5.02 Å². The van der Waals surface area contributed by atoms with Gasteiger partial charge in [-0.05, 0) is 35.9 Å². The predicted molar refractivity (Wildman–Crippen MR) is 88.3 cm³/mol. The van der Waals surface area contributed by atoms with E-state index in [1.165, 1.54) is 37.4 Å². The van der Waals surface area contributed by atoms with Crippen LogP contribution in [0.2, 0.25) is 5.02 Å². The molecule has 140 valence electrons. The maximum Gasteiger partial charge on any atom is 0.422 e. The number of carbonyl (C=O) groups is 1. The molecule has 0 bridgehead atoms. The van der Waals surface area contributed by atoms with Crippen molar-refractivity contribution in [1.82, 2.24) is 0 Å². The molecule has 0 spiro atoms. The first kappa shape index (κ1) is 19.8. The van der Waals surface area contributed by atoms with Crippen LogP contribution in [-0.2, 0) is 11.2 Å². The molecule has 0 fully saturated rings. The summed E-state index contributed by atoms with van der Waals surface area (Å²) in [6.45, 7) is -1.51. The Morgan fingerprint density at radius 1 is 1.15 bits per heavy atom. The van der Waals surface area contributed by atoms with Crippen molar-refractivity contribution in [3.05, 3.63) is 52.8 Å². The molecule has 0 heterocycles. The molecule has 0 radical (unpaired) electrons. The van der Waals surface area contributed by atoms with Crippen LogP contribution in [0, 0.1) is 5.82 Å². The molecule has 0 saturated heterocycles. The molecule has 2 rings (SSSR count). The average molecular weight is 392 g/mol. The molecular formula is C17H14ClF4NO3. The second-order valence-electron chi connectivity index (χ2n) is 5.24. The van der Waals surface area contributed by atoms with Crippen LogP contribution >= 0.6 is 11.6 Å². The van der Waals surface area contributed by atoms with E-state index in [0.717, 1.165) is 6.07 Å². The molecule has 2 aromatic carbocycles. The maximum atomic E-state index is 13.7. The first-order valence-corrected chi connectivity index (χ1v) is 7.67. The molecule has 9 heteroatoms. The van der Waals surface area contributed by atoms with E-state index in [1.54, 1.807) is 0 Å². The second-order valence-corrected chi connectivity index (χ2v) is 5.67. The number of nitrogens with one attached hydrogen (secondary N) is 1. The Morgan fingerprint density at radius 2 is 1.85 bits per heavy atom. The fourth-order valence-electron chi connectivity index (χ4n) is 2.08. The third-order valence-electron chi connectivity index (χ3n) is 3.19. The van der Waals surface area contributed by atoms with Crippen LogP contribution in [0.3, 0.4) is 0 Å².